The maximum absolute atomic E-state index is 6.25. The average Bonchev–Trinajstić information content (AvgIpc) is 3.17. The van der Waals surface area contributed by atoms with Crippen LogP contribution in [0.2, 0.25) is 15.1 Å². The molecule has 2 nitrogen and oxygen atoms in total. The van der Waals surface area contributed by atoms with Crippen molar-refractivity contribution >= 4 is 46.6 Å². The van der Waals surface area contributed by atoms with E-state index in [9.17, 15) is 0 Å². The van der Waals surface area contributed by atoms with E-state index in [0.717, 1.165) is 24.4 Å². The topological polar surface area (TPSA) is 17.8 Å². The van der Waals surface area contributed by atoms with Crippen molar-refractivity contribution in [2.75, 3.05) is 0 Å². The van der Waals surface area contributed by atoms with E-state index in [1.807, 2.05) is 54.7 Å². The predicted octanol–water partition coefficient (Wildman–Crippen LogP) is 7.34. The van der Waals surface area contributed by atoms with Gasteiger partial charge in [0, 0.05) is 34.5 Å². The van der Waals surface area contributed by atoms with Crippen LogP contribution in [0.25, 0.3) is 0 Å². The molecule has 3 aromatic rings. The molecule has 2 unspecified atom stereocenters. The van der Waals surface area contributed by atoms with E-state index in [0.29, 0.717) is 20.5 Å². The first kappa shape index (κ1) is 20.6. The van der Waals surface area contributed by atoms with Crippen LogP contribution in [-0.4, -0.2) is 14.8 Å². The third-order valence-corrected chi connectivity index (χ3v) is 7.02. The van der Waals surface area contributed by atoms with Gasteiger partial charge in [0.25, 0.3) is 0 Å². The smallest absolute Gasteiger partial charge is 0.0946 e. The molecule has 0 saturated carbocycles. The highest BCUT2D eigenvalue weighted by Gasteiger charge is 2.19. The van der Waals surface area contributed by atoms with Gasteiger partial charge in [0.05, 0.1) is 16.4 Å². The highest BCUT2D eigenvalue weighted by atomic mass is 35.5. The summed E-state index contributed by atoms with van der Waals surface area (Å²) >= 11 is 20.3. The molecule has 1 heterocycles. The Kier molecular flexibility index (Phi) is 7.54. The molecule has 0 N–H and O–H groups in total. The number of thioether (sulfide) groups is 1. The van der Waals surface area contributed by atoms with Crippen LogP contribution in [0.1, 0.15) is 29.7 Å². The first-order chi connectivity index (χ1) is 13.0. The minimum atomic E-state index is 0.348. The van der Waals surface area contributed by atoms with Crippen molar-refractivity contribution in [3.63, 3.8) is 0 Å². The van der Waals surface area contributed by atoms with Crippen LogP contribution < -0.4 is 0 Å². The lowest BCUT2D eigenvalue weighted by Gasteiger charge is -2.24. The van der Waals surface area contributed by atoms with Gasteiger partial charge < -0.3 is 4.57 Å². The number of nitrogens with zero attached hydrogens (tertiary/aromatic N) is 2. The fraction of sp³-hybridized carbons (Fsp3) is 0.286. The van der Waals surface area contributed by atoms with Gasteiger partial charge in [0.2, 0.25) is 0 Å². The molecule has 0 amide bonds. The third kappa shape index (κ3) is 5.92. The summed E-state index contributed by atoms with van der Waals surface area (Å²) < 4.78 is 2.13. The third-order valence-electron chi connectivity index (χ3n) is 4.39. The van der Waals surface area contributed by atoms with Crippen LogP contribution in [0.4, 0.5) is 0 Å². The SMILES string of the molecule is CCC(SC(Cc1ccc(Cl)cc1)Cn1ccnc1)c1ccc(Cl)c(Cl)c1. The van der Waals surface area contributed by atoms with Crippen LogP contribution >= 0.6 is 46.6 Å². The zero-order valence-corrected chi connectivity index (χ0v) is 18.1. The number of aromatic nitrogens is 2. The molecule has 142 valence electrons. The predicted molar refractivity (Wildman–Crippen MR) is 118 cm³/mol. The molecule has 0 spiro atoms. The second-order valence-electron chi connectivity index (χ2n) is 6.42. The Morgan fingerprint density at radius 2 is 1.81 bits per heavy atom. The molecule has 0 aliphatic heterocycles. The quantitative estimate of drug-likeness (QED) is 0.365. The summed E-state index contributed by atoms with van der Waals surface area (Å²) in [7, 11) is 0. The van der Waals surface area contributed by atoms with Crippen molar-refractivity contribution in [2.24, 2.45) is 0 Å². The second kappa shape index (κ2) is 9.88. The highest BCUT2D eigenvalue weighted by molar-refractivity contribution is 8.00. The fourth-order valence-electron chi connectivity index (χ4n) is 3.02. The van der Waals surface area contributed by atoms with E-state index < -0.39 is 0 Å². The Morgan fingerprint density at radius 1 is 1.04 bits per heavy atom. The number of hydrogen-bond acceptors (Lipinski definition) is 2. The molecule has 0 fully saturated rings. The van der Waals surface area contributed by atoms with Gasteiger partial charge in [-0.1, -0.05) is 59.9 Å². The minimum Gasteiger partial charge on any atom is -0.336 e. The number of imidazole rings is 1. The standard InChI is InChI=1S/C21H21Cl3N2S/c1-2-21(16-5-8-19(23)20(24)12-16)27-18(13-26-10-9-25-14-26)11-15-3-6-17(22)7-4-15/h3-10,12,14,18,21H,2,11,13H2,1H3. The lowest BCUT2D eigenvalue weighted by molar-refractivity contribution is 0.652. The molecule has 2 atom stereocenters. The van der Waals surface area contributed by atoms with E-state index >= 15 is 0 Å². The molecule has 0 aliphatic rings. The maximum atomic E-state index is 6.25. The van der Waals surface area contributed by atoms with E-state index in [-0.39, 0.29) is 0 Å². The van der Waals surface area contributed by atoms with Gasteiger partial charge in [-0.3, -0.25) is 0 Å². The number of benzene rings is 2. The van der Waals surface area contributed by atoms with Crippen LogP contribution in [-0.2, 0) is 13.0 Å². The second-order valence-corrected chi connectivity index (χ2v) is 9.18. The number of hydrogen-bond donors (Lipinski definition) is 0. The molecule has 27 heavy (non-hydrogen) atoms. The van der Waals surface area contributed by atoms with E-state index in [4.69, 9.17) is 34.8 Å². The summed E-state index contributed by atoms with van der Waals surface area (Å²) in [4.78, 5) is 4.18. The first-order valence-electron chi connectivity index (χ1n) is 8.85. The van der Waals surface area contributed by atoms with Crippen molar-refractivity contribution in [3.8, 4) is 0 Å². The molecular weight excluding hydrogens is 419 g/mol. The van der Waals surface area contributed by atoms with Crippen molar-refractivity contribution < 1.29 is 0 Å². The number of halogens is 3. The largest absolute Gasteiger partial charge is 0.336 e. The van der Waals surface area contributed by atoms with Crippen LogP contribution in [0, 0.1) is 0 Å². The van der Waals surface area contributed by atoms with E-state index in [1.54, 1.807) is 0 Å². The van der Waals surface area contributed by atoms with Gasteiger partial charge in [-0.2, -0.15) is 0 Å². The summed E-state index contributed by atoms with van der Waals surface area (Å²) in [6, 6.07) is 14.0. The zero-order valence-electron chi connectivity index (χ0n) is 15.0. The van der Waals surface area contributed by atoms with Gasteiger partial charge in [0.15, 0.2) is 0 Å². The summed E-state index contributed by atoms with van der Waals surface area (Å²) in [6.45, 7) is 3.10. The van der Waals surface area contributed by atoms with Crippen molar-refractivity contribution in [1.82, 2.24) is 9.55 Å². The Balaban J connectivity index is 1.79. The highest BCUT2D eigenvalue weighted by Crippen LogP contribution is 2.39. The maximum Gasteiger partial charge on any atom is 0.0946 e. The van der Waals surface area contributed by atoms with Gasteiger partial charge >= 0.3 is 0 Å². The van der Waals surface area contributed by atoms with Crippen molar-refractivity contribution in [2.45, 2.75) is 36.8 Å². The zero-order chi connectivity index (χ0) is 19.2. The normalized spacial score (nSPS) is 13.5. The molecule has 0 radical (unpaired) electrons. The first-order valence-corrected chi connectivity index (χ1v) is 10.9. The molecule has 0 saturated heterocycles. The lowest BCUT2D eigenvalue weighted by atomic mass is 10.1. The van der Waals surface area contributed by atoms with Gasteiger partial charge in [-0.05, 0) is 48.2 Å². The Bertz CT molecular complexity index is 850. The minimum absolute atomic E-state index is 0.348. The Labute approximate surface area is 179 Å². The molecule has 3 rings (SSSR count). The summed E-state index contributed by atoms with van der Waals surface area (Å²) in [5.74, 6) is 0. The van der Waals surface area contributed by atoms with Crippen molar-refractivity contribution in [3.05, 3.63) is 87.4 Å². The summed E-state index contributed by atoms with van der Waals surface area (Å²) in [5, 5.41) is 2.70. The van der Waals surface area contributed by atoms with Gasteiger partial charge in [0.1, 0.15) is 0 Å². The molecule has 0 bridgehead atoms. The lowest BCUT2D eigenvalue weighted by Crippen LogP contribution is -2.17. The van der Waals surface area contributed by atoms with Gasteiger partial charge in [-0.15, -0.1) is 11.8 Å². The average molecular weight is 440 g/mol. The number of rotatable bonds is 8. The van der Waals surface area contributed by atoms with Crippen LogP contribution in [0.5, 0.6) is 0 Å². The van der Waals surface area contributed by atoms with Gasteiger partial charge in [-0.25, -0.2) is 4.98 Å². The van der Waals surface area contributed by atoms with Crippen molar-refractivity contribution in [1.29, 1.82) is 0 Å². The van der Waals surface area contributed by atoms with Crippen LogP contribution in [0.15, 0.2) is 61.2 Å². The molecular formula is C21H21Cl3N2S. The van der Waals surface area contributed by atoms with E-state index in [2.05, 4.69) is 34.7 Å². The van der Waals surface area contributed by atoms with E-state index in [1.165, 1.54) is 11.1 Å². The monoisotopic (exact) mass is 438 g/mol. The van der Waals surface area contributed by atoms with Crippen LogP contribution in [0.3, 0.4) is 0 Å². The Hall–Kier alpha value is -1.13. The summed E-state index contributed by atoms with van der Waals surface area (Å²) in [6.07, 6.45) is 7.67. The molecule has 1 aromatic heterocycles. The Morgan fingerprint density at radius 3 is 2.44 bits per heavy atom. The molecule has 6 heteroatoms. The molecule has 2 aromatic carbocycles. The fourth-order valence-corrected chi connectivity index (χ4v) is 4.96. The summed E-state index contributed by atoms with van der Waals surface area (Å²) in [5.41, 5.74) is 2.49. The molecule has 0 aliphatic carbocycles.